The van der Waals surface area contributed by atoms with Crippen LogP contribution in [0.25, 0.3) is 11.0 Å². The first kappa shape index (κ1) is 9.64. The van der Waals surface area contributed by atoms with E-state index >= 15 is 0 Å². The molecule has 0 aromatic carbocycles. The largest absolute Gasteiger partial charge is 0.382 e. The fraction of sp³-hybridized carbons (Fsp3) is 0.300. The summed E-state index contributed by atoms with van der Waals surface area (Å²) >= 11 is 0. The summed E-state index contributed by atoms with van der Waals surface area (Å²) < 4.78 is 1.76. The molecule has 0 unspecified atom stereocenters. The molecule has 2 heterocycles. The molecule has 0 aliphatic carbocycles. The Morgan fingerprint density at radius 3 is 2.87 bits per heavy atom. The van der Waals surface area contributed by atoms with Crippen molar-refractivity contribution >= 4 is 16.9 Å². The van der Waals surface area contributed by atoms with E-state index in [4.69, 9.17) is 11.1 Å². The van der Waals surface area contributed by atoms with Gasteiger partial charge in [-0.2, -0.15) is 5.10 Å². The Morgan fingerprint density at radius 1 is 1.53 bits per heavy atom. The zero-order chi connectivity index (χ0) is 11.0. The zero-order valence-electron chi connectivity index (χ0n) is 8.78. The number of hydrogen-bond acceptors (Lipinski definition) is 3. The number of nitrogens with one attached hydrogen (secondary N) is 1. The molecule has 0 fully saturated rings. The van der Waals surface area contributed by atoms with Gasteiger partial charge in [0.1, 0.15) is 11.5 Å². The van der Waals surface area contributed by atoms with Gasteiger partial charge in [-0.05, 0) is 26.0 Å². The van der Waals surface area contributed by atoms with E-state index < -0.39 is 0 Å². The van der Waals surface area contributed by atoms with E-state index in [9.17, 15) is 0 Å². The van der Waals surface area contributed by atoms with Crippen LogP contribution in [0.3, 0.4) is 0 Å². The lowest BCUT2D eigenvalue weighted by molar-refractivity contribution is 0.673. The molecular formula is C10H13N5. The van der Waals surface area contributed by atoms with Gasteiger partial charge >= 0.3 is 0 Å². The van der Waals surface area contributed by atoms with Gasteiger partial charge in [0, 0.05) is 12.2 Å². The number of aryl methyl sites for hydroxylation is 2. The van der Waals surface area contributed by atoms with Gasteiger partial charge in [-0.25, -0.2) is 9.67 Å². The summed E-state index contributed by atoms with van der Waals surface area (Å²) in [7, 11) is 0. The topological polar surface area (TPSA) is 80.6 Å². The number of amidine groups is 1. The van der Waals surface area contributed by atoms with Crippen LogP contribution in [0.15, 0.2) is 12.1 Å². The Morgan fingerprint density at radius 2 is 2.27 bits per heavy atom. The van der Waals surface area contributed by atoms with Crippen LogP contribution in [0.2, 0.25) is 0 Å². The summed E-state index contributed by atoms with van der Waals surface area (Å²) in [5, 5.41) is 12.5. The Bertz CT molecular complexity index is 526. The molecule has 0 saturated carbocycles. The van der Waals surface area contributed by atoms with Crippen LogP contribution in [0.5, 0.6) is 0 Å². The molecule has 0 aliphatic heterocycles. The van der Waals surface area contributed by atoms with Gasteiger partial charge in [-0.15, -0.1) is 0 Å². The molecule has 2 rings (SSSR count). The molecule has 0 aliphatic rings. The summed E-state index contributed by atoms with van der Waals surface area (Å²) in [6, 6.07) is 3.81. The van der Waals surface area contributed by atoms with Crippen LogP contribution < -0.4 is 5.73 Å². The van der Waals surface area contributed by atoms with Crippen molar-refractivity contribution in [1.82, 2.24) is 14.8 Å². The van der Waals surface area contributed by atoms with E-state index in [1.165, 1.54) is 0 Å². The van der Waals surface area contributed by atoms with Crippen molar-refractivity contribution in [3.05, 3.63) is 23.5 Å². The molecular weight excluding hydrogens is 190 g/mol. The van der Waals surface area contributed by atoms with E-state index in [1.54, 1.807) is 4.68 Å². The molecule has 2 aromatic heterocycles. The van der Waals surface area contributed by atoms with E-state index in [-0.39, 0.29) is 5.84 Å². The molecule has 15 heavy (non-hydrogen) atoms. The van der Waals surface area contributed by atoms with Crippen LogP contribution in [0.1, 0.15) is 18.3 Å². The van der Waals surface area contributed by atoms with Crippen LogP contribution in [-0.2, 0) is 6.54 Å². The number of rotatable bonds is 2. The second-order valence-electron chi connectivity index (χ2n) is 3.40. The van der Waals surface area contributed by atoms with Crippen LogP contribution in [0.4, 0.5) is 0 Å². The number of hydrogen-bond donors (Lipinski definition) is 2. The smallest absolute Gasteiger partial charge is 0.158 e. The first-order valence-corrected chi connectivity index (χ1v) is 4.82. The highest BCUT2D eigenvalue weighted by molar-refractivity contribution is 6.04. The molecule has 3 N–H and O–H groups in total. The first-order valence-electron chi connectivity index (χ1n) is 4.82. The highest BCUT2D eigenvalue weighted by Gasteiger charge is 2.12. The maximum Gasteiger partial charge on any atom is 0.158 e. The summed E-state index contributed by atoms with van der Waals surface area (Å²) in [5.74, 6) is -0.0159. The van der Waals surface area contributed by atoms with Crippen molar-refractivity contribution in [2.45, 2.75) is 20.4 Å². The van der Waals surface area contributed by atoms with Gasteiger partial charge in [0.2, 0.25) is 0 Å². The first-order chi connectivity index (χ1) is 7.13. The second-order valence-corrected chi connectivity index (χ2v) is 3.40. The highest BCUT2D eigenvalue weighted by atomic mass is 15.3. The second kappa shape index (κ2) is 3.34. The summed E-state index contributed by atoms with van der Waals surface area (Å²) in [6.45, 7) is 4.64. The van der Waals surface area contributed by atoms with Crippen molar-refractivity contribution in [2.24, 2.45) is 5.73 Å². The van der Waals surface area contributed by atoms with Gasteiger partial charge in [0.15, 0.2) is 5.65 Å². The fourth-order valence-corrected chi connectivity index (χ4v) is 1.57. The van der Waals surface area contributed by atoms with Crippen molar-refractivity contribution in [2.75, 3.05) is 0 Å². The number of nitrogens with two attached hydrogens (primary N) is 1. The predicted molar refractivity (Wildman–Crippen MR) is 59.0 cm³/mol. The van der Waals surface area contributed by atoms with Crippen LogP contribution >= 0.6 is 0 Å². The van der Waals surface area contributed by atoms with E-state index in [2.05, 4.69) is 10.1 Å². The Balaban J connectivity index is 2.81. The Hall–Kier alpha value is -1.91. The van der Waals surface area contributed by atoms with Crippen molar-refractivity contribution < 1.29 is 0 Å². The quantitative estimate of drug-likeness (QED) is 0.565. The maximum atomic E-state index is 7.43. The maximum absolute atomic E-state index is 7.43. The summed E-state index contributed by atoms with van der Waals surface area (Å²) in [6.07, 6.45) is 0. The van der Waals surface area contributed by atoms with Crippen molar-refractivity contribution in [1.29, 1.82) is 5.41 Å². The van der Waals surface area contributed by atoms with Gasteiger partial charge < -0.3 is 5.73 Å². The van der Waals surface area contributed by atoms with Gasteiger partial charge in [-0.1, -0.05) is 0 Å². The van der Waals surface area contributed by atoms with Crippen molar-refractivity contribution in [3.63, 3.8) is 0 Å². The summed E-state index contributed by atoms with van der Waals surface area (Å²) in [5.41, 5.74) is 7.71. The van der Waals surface area contributed by atoms with E-state index in [0.717, 1.165) is 23.3 Å². The minimum atomic E-state index is -0.0159. The van der Waals surface area contributed by atoms with E-state index in [0.29, 0.717) is 5.69 Å². The molecule has 2 aromatic rings. The SMILES string of the molecule is CCn1nc(C(=N)N)c2ccc(C)nc21. The minimum Gasteiger partial charge on any atom is -0.382 e. The van der Waals surface area contributed by atoms with Crippen LogP contribution in [-0.4, -0.2) is 20.6 Å². The molecule has 5 nitrogen and oxygen atoms in total. The summed E-state index contributed by atoms with van der Waals surface area (Å²) in [4.78, 5) is 4.40. The lowest BCUT2D eigenvalue weighted by Gasteiger charge is -1.97. The highest BCUT2D eigenvalue weighted by Crippen LogP contribution is 2.16. The molecule has 0 amide bonds. The number of pyridine rings is 1. The molecule has 0 saturated heterocycles. The zero-order valence-corrected chi connectivity index (χ0v) is 8.78. The average molecular weight is 203 g/mol. The number of fused-ring (bicyclic) bond motifs is 1. The third kappa shape index (κ3) is 1.45. The normalized spacial score (nSPS) is 10.8. The fourth-order valence-electron chi connectivity index (χ4n) is 1.57. The lowest BCUT2D eigenvalue weighted by atomic mass is 10.2. The van der Waals surface area contributed by atoms with Crippen molar-refractivity contribution in [3.8, 4) is 0 Å². The molecule has 78 valence electrons. The number of nitrogens with zero attached hydrogens (tertiary/aromatic N) is 3. The third-order valence-corrected chi connectivity index (χ3v) is 2.29. The minimum absolute atomic E-state index is 0.0159. The van der Waals surface area contributed by atoms with Gasteiger partial charge in [-0.3, -0.25) is 5.41 Å². The average Bonchev–Trinajstić information content (AvgIpc) is 2.55. The monoisotopic (exact) mass is 203 g/mol. The molecule has 0 bridgehead atoms. The van der Waals surface area contributed by atoms with E-state index in [1.807, 2.05) is 26.0 Å². The number of aromatic nitrogens is 3. The molecule has 0 spiro atoms. The molecule has 5 heteroatoms. The van der Waals surface area contributed by atoms with Crippen LogP contribution in [0, 0.1) is 12.3 Å². The Kier molecular flexibility index (Phi) is 2.15. The number of nitrogen functional groups attached to an aromatic ring is 1. The molecule has 0 radical (unpaired) electrons. The standard InChI is InChI=1S/C10H13N5/c1-3-15-10-7(5-4-6(2)13-10)8(14-15)9(11)12/h4-5H,3H2,1-2H3,(H3,11,12). The lowest BCUT2D eigenvalue weighted by Crippen LogP contribution is -2.12. The van der Waals surface area contributed by atoms with Gasteiger partial charge in [0.25, 0.3) is 0 Å². The molecule has 0 atom stereocenters. The third-order valence-electron chi connectivity index (χ3n) is 2.29. The predicted octanol–water partition coefficient (Wildman–Crippen LogP) is 1.04. The Labute approximate surface area is 87.4 Å². The van der Waals surface area contributed by atoms with Gasteiger partial charge in [0.05, 0.1) is 5.39 Å².